The van der Waals surface area contributed by atoms with Gasteiger partial charge >= 0.3 is 0 Å². The minimum absolute atomic E-state index is 1.10. The van der Waals surface area contributed by atoms with Crippen molar-refractivity contribution in [2.45, 2.75) is 174 Å². The molecule has 0 aliphatic heterocycles. The Kier molecular flexibility index (Phi) is 20.0. The van der Waals surface area contributed by atoms with Gasteiger partial charge in [0.15, 0.2) is 0 Å². The highest BCUT2D eigenvalue weighted by Crippen LogP contribution is 2.16. The second-order valence-electron chi connectivity index (χ2n) is 11.8. The molecular formula is C36H62N2. The van der Waals surface area contributed by atoms with Crippen molar-refractivity contribution in [3.05, 3.63) is 53.6 Å². The molecule has 0 fully saturated rings. The van der Waals surface area contributed by atoms with Crippen LogP contribution in [0.1, 0.15) is 166 Å². The first-order valence-electron chi connectivity index (χ1n) is 16.9. The molecule has 1 aromatic heterocycles. The van der Waals surface area contributed by atoms with Gasteiger partial charge in [-0.05, 0) is 37.7 Å². The van der Waals surface area contributed by atoms with Crippen molar-refractivity contribution in [3.63, 3.8) is 0 Å². The van der Waals surface area contributed by atoms with Crippen LogP contribution in [0.4, 0.5) is 0 Å². The second-order valence-corrected chi connectivity index (χ2v) is 11.8. The van der Waals surface area contributed by atoms with E-state index >= 15 is 0 Å². The van der Waals surface area contributed by atoms with Gasteiger partial charge in [0.1, 0.15) is 5.82 Å². The molecule has 0 amide bonds. The monoisotopic (exact) mass is 522 g/mol. The fourth-order valence-corrected chi connectivity index (χ4v) is 5.69. The third-order valence-electron chi connectivity index (χ3n) is 8.16. The smallest absolute Gasteiger partial charge is 0.108 e. The van der Waals surface area contributed by atoms with Crippen molar-refractivity contribution < 1.29 is 0 Å². The van der Waals surface area contributed by atoms with Gasteiger partial charge in [-0.1, -0.05) is 160 Å². The van der Waals surface area contributed by atoms with Crippen LogP contribution in [0.5, 0.6) is 0 Å². The summed E-state index contributed by atoms with van der Waals surface area (Å²) in [7, 11) is 0. The number of aromatic nitrogens is 2. The van der Waals surface area contributed by atoms with E-state index in [1.165, 1.54) is 152 Å². The Hall–Kier alpha value is -1.57. The van der Waals surface area contributed by atoms with Gasteiger partial charge in [-0.3, -0.25) is 0 Å². The first-order valence-corrected chi connectivity index (χ1v) is 16.9. The summed E-state index contributed by atoms with van der Waals surface area (Å²) in [6, 6.07) is 10.9. The standard InChI is InChI=1S/C36H62N2/c1-3-5-7-9-10-11-12-13-14-15-16-17-18-19-24-31-36-37-35(30-26-29-34-27-22-21-23-28-34)33-38(36)32-25-20-8-6-4-2/h21-23,27-28,33H,3-20,24-26,29-32H2,1-2H3. The maximum Gasteiger partial charge on any atom is 0.108 e. The average Bonchev–Trinajstić information content (AvgIpc) is 3.32. The van der Waals surface area contributed by atoms with E-state index in [-0.39, 0.29) is 0 Å². The van der Waals surface area contributed by atoms with Gasteiger partial charge in [0.25, 0.3) is 0 Å². The van der Waals surface area contributed by atoms with Crippen LogP contribution in [-0.4, -0.2) is 9.55 Å². The Balaban J connectivity index is 1.58. The highest BCUT2D eigenvalue weighted by Gasteiger charge is 2.08. The SMILES string of the molecule is CCCCCCCCCCCCCCCCCc1nc(CCCc2ccccc2)cn1CCCCCCC. The van der Waals surface area contributed by atoms with Crippen molar-refractivity contribution in [2.75, 3.05) is 0 Å². The molecule has 0 aliphatic carbocycles. The Morgan fingerprint density at radius 3 is 1.55 bits per heavy atom. The third kappa shape index (κ3) is 16.4. The quantitative estimate of drug-likeness (QED) is 0.112. The zero-order valence-electron chi connectivity index (χ0n) is 25.5. The number of unbranched alkanes of at least 4 members (excludes halogenated alkanes) is 18. The molecule has 0 saturated heterocycles. The minimum Gasteiger partial charge on any atom is -0.335 e. The summed E-state index contributed by atoms with van der Waals surface area (Å²) in [6.45, 7) is 5.76. The maximum atomic E-state index is 5.12. The van der Waals surface area contributed by atoms with E-state index in [9.17, 15) is 0 Å². The van der Waals surface area contributed by atoms with Crippen molar-refractivity contribution in [2.24, 2.45) is 0 Å². The Morgan fingerprint density at radius 1 is 0.500 bits per heavy atom. The molecule has 0 N–H and O–H groups in total. The highest BCUT2D eigenvalue weighted by atomic mass is 15.1. The number of benzene rings is 1. The summed E-state index contributed by atoms with van der Waals surface area (Å²) in [5.41, 5.74) is 2.76. The van der Waals surface area contributed by atoms with Gasteiger partial charge < -0.3 is 4.57 Å². The molecular weight excluding hydrogens is 460 g/mol. The molecule has 1 aromatic carbocycles. The van der Waals surface area contributed by atoms with E-state index in [1.54, 1.807) is 0 Å². The fourth-order valence-electron chi connectivity index (χ4n) is 5.69. The first kappa shape index (κ1) is 32.6. The Labute approximate surface area is 237 Å². The van der Waals surface area contributed by atoms with Crippen molar-refractivity contribution >= 4 is 0 Å². The number of nitrogens with zero attached hydrogens (tertiary/aromatic N) is 2. The fraction of sp³-hybridized carbons (Fsp3) is 0.750. The van der Waals surface area contributed by atoms with Crippen molar-refractivity contribution in [1.29, 1.82) is 0 Å². The van der Waals surface area contributed by atoms with E-state index in [0.717, 1.165) is 25.8 Å². The number of hydrogen-bond acceptors (Lipinski definition) is 1. The third-order valence-corrected chi connectivity index (χ3v) is 8.16. The van der Waals surface area contributed by atoms with Crippen LogP contribution in [0.3, 0.4) is 0 Å². The lowest BCUT2D eigenvalue weighted by atomic mass is 10.0. The summed E-state index contributed by atoms with van der Waals surface area (Å²) >= 11 is 0. The van der Waals surface area contributed by atoms with Crippen LogP contribution in [0.2, 0.25) is 0 Å². The molecule has 0 aliphatic rings. The second kappa shape index (κ2) is 23.3. The van der Waals surface area contributed by atoms with Crippen molar-refractivity contribution in [1.82, 2.24) is 9.55 Å². The molecule has 2 heteroatoms. The molecule has 0 bridgehead atoms. The molecule has 0 unspecified atom stereocenters. The van der Waals surface area contributed by atoms with Crippen LogP contribution < -0.4 is 0 Å². The summed E-state index contributed by atoms with van der Waals surface area (Å²) in [5, 5.41) is 0. The molecule has 216 valence electrons. The number of rotatable bonds is 26. The van der Waals surface area contributed by atoms with Crippen LogP contribution in [0.25, 0.3) is 0 Å². The zero-order chi connectivity index (χ0) is 26.9. The molecule has 1 heterocycles. The first-order chi connectivity index (χ1) is 18.8. The normalized spacial score (nSPS) is 11.4. The Morgan fingerprint density at radius 2 is 1.00 bits per heavy atom. The summed E-state index contributed by atoms with van der Waals surface area (Å²) in [4.78, 5) is 5.12. The van der Waals surface area contributed by atoms with Crippen LogP contribution in [-0.2, 0) is 25.8 Å². The number of imidazole rings is 1. The lowest BCUT2D eigenvalue weighted by Crippen LogP contribution is -2.03. The zero-order valence-corrected chi connectivity index (χ0v) is 25.5. The number of hydrogen-bond donors (Lipinski definition) is 0. The molecule has 0 atom stereocenters. The average molecular weight is 523 g/mol. The van der Waals surface area contributed by atoms with E-state index in [2.05, 4.69) is 54.9 Å². The van der Waals surface area contributed by atoms with Gasteiger partial charge in [-0.2, -0.15) is 0 Å². The summed E-state index contributed by atoms with van der Waals surface area (Å²) < 4.78 is 2.51. The largest absolute Gasteiger partial charge is 0.335 e. The molecule has 2 rings (SSSR count). The minimum atomic E-state index is 1.10. The van der Waals surface area contributed by atoms with Gasteiger partial charge in [0.2, 0.25) is 0 Å². The predicted octanol–water partition coefficient (Wildman–Crippen LogP) is 11.4. The summed E-state index contributed by atoms with van der Waals surface area (Å²) in [6.07, 6.45) is 35.1. The van der Waals surface area contributed by atoms with Gasteiger partial charge in [-0.15, -0.1) is 0 Å². The van der Waals surface area contributed by atoms with Gasteiger partial charge in [0, 0.05) is 19.2 Å². The molecule has 0 saturated carbocycles. The number of aryl methyl sites for hydroxylation is 4. The summed E-state index contributed by atoms with van der Waals surface area (Å²) in [5.74, 6) is 1.35. The van der Waals surface area contributed by atoms with Crippen molar-refractivity contribution in [3.8, 4) is 0 Å². The lowest BCUT2D eigenvalue weighted by Gasteiger charge is -2.08. The van der Waals surface area contributed by atoms with Crippen LogP contribution in [0.15, 0.2) is 36.5 Å². The lowest BCUT2D eigenvalue weighted by molar-refractivity contribution is 0.525. The van der Waals surface area contributed by atoms with E-state index < -0.39 is 0 Å². The van der Waals surface area contributed by atoms with Crippen LogP contribution >= 0.6 is 0 Å². The van der Waals surface area contributed by atoms with Gasteiger partial charge in [0.05, 0.1) is 5.69 Å². The van der Waals surface area contributed by atoms with Crippen LogP contribution in [0, 0.1) is 0 Å². The highest BCUT2D eigenvalue weighted by molar-refractivity contribution is 5.15. The topological polar surface area (TPSA) is 17.8 Å². The molecule has 0 spiro atoms. The van der Waals surface area contributed by atoms with Gasteiger partial charge in [-0.25, -0.2) is 4.98 Å². The van der Waals surface area contributed by atoms with E-state index in [1.807, 2.05) is 0 Å². The molecule has 0 radical (unpaired) electrons. The molecule has 38 heavy (non-hydrogen) atoms. The molecule has 2 aromatic rings. The van der Waals surface area contributed by atoms with E-state index in [4.69, 9.17) is 4.98 Å². The maximum absolute atomic E-state index is 5.12. The molecule has 2 nitrogen and oxygen atoms in total. The predicted molar refractivity (Wildman–Crippen MR) is 168 cm³/mol. The van der Waals surface area contributed by atoms with E-state index in [0.29, 0.717) is 0 Å². The Bertz CT molecular complexity index is 763.